The van der Waals surface area contributed by atoms with E-state index in [-0.39, 0.29) is 5.92 Å². The molecule has 0 aliphatic heterocycles. The van der Waals surface area contributed by atoms with Crippen LogP contribution in [0.25, 0.3) is 0 Å². The Hall–Kier alpha value is 0.340. The number of rotatable bonds is 2. The fourth-order valence-electron chi connectivity index (χ4n) is 1.01. The summed E-state index contributed by atoms with van der Waals surface area (Å²) in [6.45, 7) is 1.31. The summed E-state index contributed by atoms with van der Waals surface area (Å²) in [5, 5.41) is 0. The lowest BCUT2D eigenvalue weighted by atomic mass is 10.2. The molecule has 70 valence electrons. The molecular weight excluding hydrogens is 222 g/mol. The highest BCUT2D eigenvalue weighted by Crippen LogP contribution is 2.45. The molecule has 12 heavy (non-hydrogen) atoms. The van der Waals surface area contributed by atoms with Crippen LogP contribution in [0.1, 0.15) is 19.8 Å². The third-order valence-electron chi connectivity index (χ3n) is 1.67. The molecule has 0 bridgehead atoms. The van der Waals surface area contributed by atoms with Crippen LogP contribution in [0.2, 0.25) is 0 Å². The van der Waals surface area contributed by atoms with Crippen LogP contribution in [0.15, 0.2) is 0 Å². The molecule has 0 heterocycles. The van der Waals surface area contributed by atoms with Crippen LogP contribution in [-0.4, -0.2) is 15.9 Å². The van der Waals surface area contributed by atoms with Crippen molar-refractivity contribution in [3.63, 3.8) is 0 Å². The molecule has 0 radical (unpaired) electrons. The molecule has 0 spiro atoms. The molecule has 1 fully saturated rings. The Labute approximate surface area is 86.1 Å². The van der Waals surface area contributed by atoms with E-state index < -0.39 is 15.9 Å². The van der Waals surface area contributed by atoms with E-state index in [2.05, 4.69) is 0 Å². The standard InChI is InChI=1S/C7H9Cl3O2/c1-4(11)12-6(5-2-3-5)7(8,9)10/h5-6H,2-3H2,1H3. The summed E-state index contributed by atoms with van der Waals surface area (Å²) in [7, 11) is 0. The zero-order chi connectivity index (χ0) is 9.35. The molecule has 1 unspecified atom stereocenters. The van der Waals surface area contributed by atoms with Crippen molar-refractivity contribution in [2.45, 2.75) is 29.7 Å². The van der Waals surface area contributed by atoms with Gasteiger partial charge in [-0.15, -0.1) is 0 Å². The molecule has 1 atom stereocenters. The first kappa shape index (κ1) is 10.4. The lowest BCUT2D eigenvalue weighted by Crippen LogP contribution is -2.32. The summed E-state index contributed by atoms with van der Waals surface area (Å²) in [5.41, 5.74) is 0. The molecule has 0 N–H and O–H groups in total. The van der Waals surface area contributed by atoms with Crippen molar-refractivity contribution < 1.29 is 9.53 Å². The number of carbonyl (C=O) groups excluding carboxylic acids is 1. The van der Waals surface area contributed by atoms with Gasteiger partial charge in [0.05, 0.1) is 0 Å². The van der Waals surface area contributed by atoms with Crippen LogP contribution >= 0.6 is 34.8 Å². The first-order valence-corrected chi connectivity index (χ1v) is 4.78. The van der Waals surface area contributed by atoms with Crippen molar-refractivity contribution in [2.75, 3.05) is 0 Å². The minimum Gasteiger partial charge on any atom is -0.458 e. The van der Waals surface area contributed by atoms with Crippen LogP contribution in [0, 0.1) is 5.92 Å². The Morgan fingerprint density at radius 2 is 2.00 bits per heavy atom. The minimum absolute atomic E-state index is 0.224. The van der Waals surface area contributed by atoms with Gasteiger partial charge in [-0.3, -0.25) is 4.79 Å². The van der Waals surface area contributed by atoms with Gasteiger partial charge in [0, 0.05) is 12.8 Å². The zero-order valence-corrected chi connectivity index (χ0v) is 8.79. The molecular formula is C7H9Cl3O2. The van der Waals surface area contributed by atoms with Gasteiger partial charge in [-0.1, -0.05) is 34.8 Å². The van der Waals surface area contributed by atoms with Crippen molar-refractivity contribution in [3.05, 3.63) is 0 Å². The van der Waals surface area contributed by atoms with Gasteiger partial charge in [-0.2, -0.15) is 0 Å². The van der Waals surface area contributed by atoms with E-state index in [4.69, 9.17) is 39.5 Å². The molecule has 5 heteroatoms. The number of ether oxygens (including phenoxy) is 1. The van der Waals surface area contributed by atoms with Crippen molar-refractivity contribution >= 4 is 40.8 Å². The topological polar surface area (TPSA) is 26.3 Å². The molecule has 0 aromatic rings. The summed E-state index contributed by atoms with van der Waals surface area (Å²) in [6.07, 6.45) is 1.34. The molecule has 0 aromatic heterocycles. The molecule has 0 saturated heterocycles. The van der Waals surface area contributed by atoms with E-state index >= 15 is 0 Å². The molecule has 1 aliphatic rings. The van der Waals surface area contributed by atoms with Crippen molar-refractivity contribution in [2.24, 2.45) is 5.92 Å². The quantitative estimate of drug-likeness (QED) is 0.539. The van der Waals surface area contributed by atoms with E-state index in [0.717, 1.165) is 12.8 Å². The first-order chi connectivity index (χ1) is 5.41. The normalized spacial score (nSPS) is 20.3. The van der Waals surface area contributed by atoms with Crippen LogP contribution in [0.5, 0.6) is 0 Å². The Kier molecular flexibility index (Phi) is 3.13. The molecule has 1 aliphatic carbocycles. The van der Waals surface area contributed by atoms with Crippen molar-refractivity contribution in [1.82, 2.24) is 0 Å². The number of halogens is 3. The maximum Gasteiger partial charge on any atom is 0.303 e. The van der Waals surface area contributed by atoms with Gasteiger partial charge < -0.3 is 4.74 Å². The summed E-state index contributed by atoms with van der Waals surface area (Å²) in [4.78, 5) is 10.6. The van der Waals surface area contributed by atoms with Crippen LogP contribution < -0.4 is 0 Å². The second-order valence-corrected chi connectivity index (χ2v) is 5.28. The van der Waals surface area contributed by atoms with E-state index in [1.165, 1.54) is 6.92 Å². The average Bonchev–Trinajstić information content (AvgIpc) is 2.60. The molecule has 0 aromatic carbocycles. The fraction of sp³-hybridized carbons (Fsp3) is 0.857. The second-order valence-electron chi connectivity index (χ2n) is 2.91. The Bertz CT molecular complexity index is 184. The second kappa shape index (κ2) is 3.60. The van der Waals surface area contributed by atoms with Gasteiger partial charge in [0.25, 0.3) is 0 Å². The third-order valence-corrected chi connectivity index (χ3v) is 2.31. The highest BCUT2D eigenvalue weighted by atomic mass is 35.6. The maximum atomic E-state index is 10.6. The van der Waals surface area contributed by atoms with Crippen LogP contribution in [0.3, 0.4) is 0 Å². The third kappa shape index (κ3) is 3.00. The minimum atomic E-state index is -1.49. The molecule has 1 saturated carbocycles. The van der Waals surface area contributed by atoms with Gasteiger partial charge in [0.1, 0.15) is 0 Å². The van der Waals surface area contributed by atoms with Crippen LogP contribution in [0.4, 0.5) is 0 Å². The predicted molar refractivity (Wildman–Crippen MR) is 48.6 cm³/mol. The van der Waals surface area contributed by atoms with Gasteiger partial charge in [-0.25, -0.2) is 0 Å². The monoisotopic (exact) mass is 230 g/mol. The summed E-state index contributed by atoms with van der Waals surface area (Å²) >= 11 is 16.9. The predicted octanol–water partition coefficient (Wildman–Crippen LogP) is 2.70. The summed E-state index contributed by atoms with van der Waals surface area (Å²) in [6, 6.07) is 0. The largest absolute Gasteiger partial charge is 0.458 e. The smallest absolute Gasteiger partial charge is 0.303 e. The number of alkyl halides is 3. The highest BCUT2D eigenvalue weighted by Gasteiger charge is 2.46. The number of hydrogen-bond donors (Lipinski definition) is 0. The van der Waals surface area contributed by atoms with Gasteiger partial charge >= 0.3 is 5.97 Å². The van der Waals surface area contributed by atoms with Gasteiger partial charge in [0.2, 0.25) is 3.79 Å². The summed E-state index contributed by atoms with van der Waals surface area (Å²) in [5.74, 6) is -0.181. The van der Waals surface area contributed by atoms with E-state index in [9.17, 15) is 4.79 Å². The fourth-order valence-corrected chi connectivity index (χ4v) is 1.68. The van der Waals surface area contributed by atoms with Crippen molar-refractivity contribution in [3.8, 4) is 0 Å². The lowest BCUT2D eigenvalue weighted by Gasteiger charge is -2.23. The van der Waals surface area contributed by atoms with E-state index in [1.807, 2.05) is 0 Å². The molecule has 1 rings (SSSR count). The maximum absolute atomic E-state index is 10.6. The number of hydrogen-bond acceptors (Lipinski definition) is 2. The van der Waals surface area contributed by atoms with Gasteiger partial charge in [-0.05, 0) is 12.8 Å². The Morgan fingerprint density at radius 1 is 1.50 bits per heavy atom. The lowest BCUT2D eigenvalue weighted by molar-refractivity contribution is -0.147. The summed E-state index contributed by atoms with van der Waals surface area (Å²) < 4.78 is 3.41. The Morgan fingerprint density at radius 3 is 2.25 bits per heavy atom. The highest BCUT2D eigenvalue weighted by molar-refractivity contribution is 6.68. The SMILES string of the molecule is CC(=O)OC(C1CC1)C(Cl)(Cl)Cl. The van der Waals surface area contributed by atoms with Crippen LogP contribution in [-0.2, 0) is 9.53 Å². The average molecular weight is 232 g/mol. The van der Waals surface area contributed by atoms with E-state index in [1.54, 1.807) is 0 Å². The number of carbonyl (C=O) groups is 1. The van der Waals surface area contributed by atoms with E-state index in [0.29, 0.717) is 0 Å². The Balaban J connectivity index is 2.54. The van der Waals surface area contributed by atoms with Crippen molar-refractivity contribution in [1.29, 1.82) is 0 Å². The first-order valence-electron chi connectivity index (χ1n) is 3.65. The molecule has 2 nitrogen and oxygen atoms in total. The molecule has 0 amide bonds. The zero-order valence-electron chi connectivity index (χ0n) is 6.52. The van der Waals surface area contributed by atoms with Gasteiger partial charge in [0.15, 0.2) is 6.10 Å². The number of esters is 1.